The maximum Gasteiger partial charge on any atom is 0.407 e. The van der Waals surface area contributed by atoms with Gasteiger partial charge in [-0.15, -0.1) is 0 Å². The molecule has 0 aromatic heterocycles. The molecule has 1 saturated carbocycles. The van der Waals surface area contributed by atoms with Crippen LogP contribution in [0.4, 0.5) is 4.79 Å². The van der Waals surface area contributed by atoms with E-state index in [2.05, 4.69) is 34.9 Å². The van der Waals surface area contributed by atoms with Gasteiger partial charge < -0.3 is 15.4 Å². The molecule has 5 rings (SSSR count). The van der Waals surface area contributed by atoms with Crippen LogP contribution in [-0.4, -0.2) is 30.5 Å². The number of fused-ring (bicyclic) bond motifs is 3. The number of carbonyl (C=O) groups excluding carboxylic acids is 2. The summed E-state index contributed by atoms with van der Waals surface area (Å²) in [7, 11) is 0. The van der Waals surface area contributed by atoms with Crippen molar-refractivity contribution in [3.63, 3.8) is 0 Å². The largest absolute Gasteiger partial charge is 0.449 e. The molecule has 1 fully saturated rings. The quantitative estimate of drug-likeness (QED) is 0.315. The Morgan fingerprint density at radius 2 is 1.42 bits per heavy atom. The van der Waals surface area contributed by atoms with Crippen molar-refractivity contribution in [2.75, 3.05) is 6.61 Å². The molecule has 2 aliphatic carbocycles. The maximum atomic E-state index is 13.2. The fraction of sp³-hybridized carbons (Fsp3) is 0.300. The molecule has 1 unspecified atom stereocenters. The number of hydrogen-bond acceptors (Lipinski definition) is 4. The molecule has 3 N–H and O–H groups in total. The molecule has 36 heavy (non-hydrogen) atoms. The molecule has 2 aliphatic rings. The summed E-state index contributed by atoms with van der Waals surface area (Å²) in [6, 6.07) is 24.7. The first-order valence-corrected chi connectivity index (χ1v) is 12.7. The minimum absolute atomic E-state index is 0.0165. The van der Waals surface area contributed by atoms with Crippen LogP contribution in [0.5, 0.6) is 0 Å². The third kappa shape index (κ3) is 5.03. The second-order valence-electron chi connectivity index (χ2n) is 9.58. The van der Waals surface area contributed by atoms with Crippen LogP contribution in [0.15, 0.2) is 78.9 Å². The predicted molar refractivity (Wildman–Crippen MR) is 140 cm³/mol. The van der Waals surface area contributed by atoms with Gasteiger partial charge in [0.25, 0.3) is 0 Å². The molecule has 3 aromatic carbocycles. The molecular formula is C30H31N3O3. The van der Waals surface area contributed by atoms with E-state index in [4.69, 9.17) is 10.1 Å². The van der Waals surface area contributed by atoms with Gasteiger partial charge in [-0.25, -0.2) is 4.79 Å². The van der Waals surface area contributed by atoms with Gasteiger partial charge in [0.15, 0.2) is 0 Å². The van der Waals surface area contributed by atoms with Gasteiger partial charge in [0, 0.05) is 11.5 Å². The number of amidine groups is 1. The zero-order valence-electron chi connectivity index (χ0n) is 20.2. The van der Waals surface area contributed by atoms with Crippen molar-refractivity contribution >= 4 is 17.8 Å². The number of nitrogens with one attached hydrogen (secondary N) is 3. The van der Waals surface area contributed by atoms with E-state index in [0.717, 1.165) is 43.2 Å². The van der Waals surface area contributed by atoms with Gasteiger partial charge in [0.05, 0.1) is 0 Å². The number of alkyl carbamates (subject to hydrolysis) is 1. The zero-order valence-corrected chi connectivity index (χ0v) is 20.2. The molecule has 0 bridgehead atoms. The lowest BCUT2D eigenvalue weighted by atomic mass is 9.83. The Morgan fingerprint density at radius 1 is 0.833 bits per heavy atom. The SMILES string of the molecule is N=C(NC(=O)C(NC(=O)OCC1c2ccccc2-c2ccccc21)C1CCCCC1)c1ccccc1. The number of carbonyl (C=O) groups is 2. The van der Waals surface area contributed by atoms with Crippen LogP contribution in [0, 0.1) is 11.3 Å². The number of ether oxygens (including phenoxy) is 1. The minimum Gasteiger partial charge on any atom is -0.449 e. The van der Waals surface area contributed by atoms with Gasteiger partial charge >= 0.3 is 6.09 Å². The third-order valence-electron chi connectivity index (χ3n) is 7.33. The van der Waals surface area contributed by atoms with Crippen molar-refractivity contribution in [3.05, 3.63) is 95.6 Å². The highest BCUT2D eigenvalue weighted by molar-refractivity contribution is 6.08. The summed E-state index contributed by atoms with van der Waals surface area (Å²) >= 11 is 0. The highest BCUT2D eigenvalue weighted by Crippen LogP contribution is 2.44. The van der Waals surface area contributed by atoms with Gasteiger partial charge in [-0.05, 0) is 41.0 Å². The first-order chi connectivity index (χ1) is 17.6. The lowest BCUT2D eigenvalue weighted by Crippen LogP contribution is -2.52. The van der Waals surface area contributed by atoms with Crippen molar-refractivity contribution in [3.8, 4) is 11.1 Å². The highest BCUT2D eigenvalue weighted by atomic mass is 16.5. The highest BCUT2D eigenvalue weighted by Gasteiger charge is 2.33. The van der Waals surface area contributed by atoms with Crippen molar-refractivity contribution in [2.45, 2.75) is 44.1 Å². The van der Waals surface area contributed by atoms with Crippen molar-refractivity contribution in [1.82, 2.24) is 10.6 Å². The van der Waals surface area contributed by atoms with Gasteiger partial charge in [-0.1, -0.05) is 98.1 Å². The van der Waals surface area contributed by atoms with E-state index in [9.17, 15) is 9.59 Å². The van der Waals surface area contributed by atoms with Crippen LogP contribution in [-0.2, 0) is 9.53 Å². The Kier molecular flexibility index (Phi) is 7.12. The molecular weight excluding hydrogens is 450 g/mol. The van der Waals surface area contributed by atoms with E-state index in [-0.39, 0.29) is 30.2 Å². The number of benzene rings is 3. The summed E-state index contributed by atoms with van der Waals surface area (Å²) in [6.07, 6.45) is 4.30. The summed E-state index contributed by atoms with van der Waals surface area (Å²) in [5.74, 6) is -0.376. The zero-order chi connectivity index (χ0) is 24.9. The van der Waals surface area contributed by atoms with Gasteiger partial charge in [0.1, 0.15) is 18.5 Å². The van der Waals surface area contributed by atoms with Crippen LogP contribution in [0.3, 0.4) is 0 Å². The Hall–Kier alpha value is -3.93. The summed E-state index contributed by atoms with van der Waals surface area (Å²) in [4.78, 5) is 26.2. The summed E-state index contributed by atoms with van der Waals surface area (Å²) in [5, 5.41) is 13.8. The molecule has 6 heteroatoms. The van der Waals surface area contributed by atoms with Gasteiger partial charge in [-0.3, -0.25) is 10.2 Å². The normalized spacial score (nSPS) is 15.9. The molecule has 6 nitrogen and oxygen atoms in total. The second-order valence-corrected chi connectivity index (χ2v) is 9.58. The van der Waals surface area contributed by atoms with Crippen molar-refractivity contribution in [1.29, 1.82) is 5.41 Å². The monoisotopic (exact) mass is 481 g/mol. The summed E-state index contributed by atoms with van der Waals surface area (Å²) in [6.45, 7) is 0.193. The Morgan fingerprint density at radius 3 is 2.06 bits per heavy atom. The Labute approximate surface area is 211 Å². The van der Waals surface area contributed by atoms with E-state index in [1.54, 1.807) is 12.1 Å². The molecule has 2 amide bonds. The molecule has 184 valence electrons. The molecule has 0 spiro atoms. The molecule has 3 aromatic rings. The summed E-state index contributed by atoms with van der Waals surface area (Å²) in [5.41, 5.74) is 5.24. The van der Waals surface area contributed by atoms with E-state index in [1.165, 1.54) is 11.1 Å². The lowest BCUT2D eigenvalue weighted by molar-refractivity contribution is -0.123. The van der Waals surface area contributed by atoms with Gasteiger partial charge in [0.2, 0.25) is 5.91 Å². The van der Waals surface area contributed by atoms with Gasteiger partial charge in [-0.2, -0.15) is 0 Å². The number of hydrogen-bond donors (Lipinski definition) is 3. The van der Waals surface area contributed by atoms with Crippen LogP contribution < -0.4 is 10.6 Å². The Balaban J connectivity index is 1.27. The third-order valence-corrected chi connectivity index (χ3v) is 7.33. The molecule has 0 aliphatic heterocycles. The van der Waals surface area contributed by atoms with E-state index >= 15 is 0 Å². The fourth-order valence-electron chi connectivity index (χ4n) is 5.51. The predicted octanol–water partition coefficient (Wildman–Crippen LogP) is 5.62. The minimum atomic E-state index is -0.745. The maximum absolute atomic E-state index is 13.2. The average molecular weight is 482 g/mol. The summed E-state index contributed by atoms with van der Waals surface area (Å²) < 4.78 is 5.72. The van der Waals surface area contributed by atoms with E-state index < -0.39 is 12.1 Å². The van der Waals surface area contributed by atoms with E-state index in [0.29, 0.717) is 5.56 Å². The fourth-order valence-corrected chi connectivity index (χ4v) is 5.51. The van der Waals surface area contributed by atoms with Crippen LogP contribution >= 0.6 is 0 Å². The average Bonchev–Trinajstić information content (AvgIpc) is 3.25. The molecule has 0 heterocycles. The first-order valence-electron chi connectivity index (χ1n) is 12.7. The smallest absolute Gasteiger partial charge is 0.407 e. The topological polar surface area (TPSA) is 91.3 Å². The molecule has 0 radical (unpaired) electrons. The standard InChI is InChI=1S/C30H31N3O3/c31-28(21-13-5-2-6-14-21)33-29(34)27(20-11-3-1-4-12-20)32-30(35)36-19-26-24-17-9-7-15-22(24)23-16-8-10-18-25(23)26/h2,5-10,13-18,20,26-27H,1,3-4,11-12,19H2,(H,32,35)(H2,31,33,34). The molecule has 1 atom stereocenters. The van der Waals surface area contributed by atoms with Crippen LogP contribution in [0.2, 0.25) is 0 Å². The first kappa shape index (κ1) is 23.8. The number of rotatable bonds is 6. The Bertz CT molecular complexity index is 1210. The molecule has 0 saturated heterocycles. The van der Waals surface area contributed by atoms with Crippen molar-refractivity contribution in [2.24, 2.45) is 5.92 Å². The van der Waals surface area contributed by atoms with Crippen LogP contribution in [0.25, 0.3) is 11.1 Å². The van der Waals surface area contributed by atoms with E-state index in [1.807, 2.05) is 42.5 Å². The second kappa shape index (κ2) is 10.8. The lowest BCUT2D eigenvalue weighted by Gasteiger charge is -2.30. The van der Waals surface area contributed by atoms with Crippen molar-refractivity contribution < 1.29 is 14.3 Å². The van der Waals surface area contributed by atoms with Crippen LogP contribution in [0.1, 0.15) is 54.7 Å². The number of amides is 2.